The minimum absolute atomic E-state index is 0.104. The molecular weight excluding hydrogens is 310 g/mol. The lowest BCUT2D eigenvalue weighted by atomic mass is 9.58. The van der Waals surface area contributed by atoms with E-state index in [0.717, 1.165) is 19.3 Å². The number of esters is 1. The number of nitro groups is 1. The number of ketones is 1. The number of benzene rings is 1. The van der Waals surface area contributed by atoms with Gasteiger partial charge in [0.15, 0.2) is 5.78 Å². The minimum atomic E-state index is -1.21. The zero-order valence-electron chi connectivity index (χ0n) is 13.9. The summed E-state index contributed by atoms with van der Waals surface area (Å²) in [6.45, 7) is 3.17. The average molecular weight is 331 g/mol. The summed E-state index contributed by atoms with van der Waals surface area (Å²) in [5.41, 5.74) is -1.85. The molecule has 3 rings (SSSR count). The van der Waals surface area contributed by atoms with Crippen LogP contribution in [0.3, 0.4) is 0 Å². The highest BCUT2D eigenvalue weighted by atomic mass is 16.6. The number of carbonyl (C=O) groups excluding carboxylic acids is 2. The van der Waals surface area contributed by atoms with Gasteiger partial charge in [0.05, 0.1) is 15.9 Å². The van der Waals surface area contributed by atoms with Gasteiger partial charge in [0.2, 0.25) is 0 Å². The molecule has 24 heavy (non-hydrogen) atoms. The van der Waals surface area contributed by atoms with Crippen LogP contribution in [0.2, 0.25) is 0 Å². The Hall–Kier alpha value is -2.24. The van der Waals surface area contributed by atoms with Gasteiger partial charge in [0, 0.05) is 6.07 Å². The monoisotopic (exact) mass is 331 g/mol. The lowest BCUT2D eigenvalue weighted by molar-refractivity contribution is -0.386. The normalized spacial score (nSPS) is 25.3. The Kier molecular flexibility index (Phi) is 3.94. The van der Waals surface area contributed by atoms with Crippen molar-refractivity contribution in [2.75, 3.05) is 0 Å². The van der Waals surface area contributed by atoms with Crippen LogP contribution in [-0.2, 0) is 14.3 Å². The molecule has 0 aromatic heterocycles. The van der Waals surface area contributed by atoms with E-state index < -0.39 is 27.8 Å². The highest BCUT2D eigenvalue weighted by molar-refractivity contribution is 6.08. The van der Waals surface area contributed by atoms with Crippen LogP contribution in [0.4, 0.5) is 5.69 Å². The summed E-state index contributed by atoms with van der Waals surface area (Å²) in [6.07, 6.45) is 3.05. The second-order valence-electron chi connectivity index (χ2n) is 7.27. The Labute approximate surface area is 140 Å². The van der Waals surface area contributed by atoms with Crippen molar-refractivity contribution in [3.8, 4) is 0 Å². The van der Waals surface area contributed by atoms with E-state index in [1.54, 1.807) is 32.0 Å². The molecule has 6 heteroatoms. The first-order valence-corrected chi connectivity index (χ1v) is 8.30. The number of nitrogens with zero attached hydrogens (tertiary/aromatic N) is 1. The van der Waals surface area contributed by atoms with Crippen LogP contribution in [0.5, 0.6) is 0 Å². The molecule has 6 nitrogen and oxygen atoms in total. The summed E-state index contributed by atoms with van der Waals surface area (Å²) in [4.78, 5) is 36.6. The lowest BCUT2D eigenvalue weighted by Gasteiger charge is -2.48. The molecule has 1 aromatic carbocycles. The maximum absolute atomic E-state index is 13.2. The van der Waals surface area contributed by atoms with Crippen LogP contribution in [-0.4, -0.2) is 16.7 Å². The molecule has 1 aliphatic carbocycles. The third-order valence-electron chi connectivity index (χ3n) is 5.42. The maximum Gasteiger partial charge on any atom is 0.319 e. The molecule has 2 fully saturated rings. The topological polar surface area (TPSA) is 86.5 Å². The number of para-hydroxylation sites is 1. The molecular formula is C18H21NO5. The third-order valence-corrected chi connectivity index (χ3v) is 5.42. The lowest BCUT2D eigenvalue weighted by Crippen LogP contribution is -2.55. The SMILES string of the molecule is CC1(C)C(=O)O[C@@H](c2ccccc2[N+](=O)[O-])C2(CCCCC2)C1=O. The molecule has 0 N–H and O–H groups in total. The van der Waals surface area contributed by atoms with E-state index in [0.29, 0.717) is 18.4 Å². The Morgan fingerprint density at radius 1 is 1.12 bits per heavy atom. The van der Waals surface area contributed by atoms with Crippen LogP contribution in [0, 0.1) is 20.9 Å². The van der Waals surface area contributed by atoms with Gasteiger partial charge in [-0.1, -0.05) is 31.4 Å². The summed E-state index contributed by atoms with van der Waals surface area (Å²) in [7, 11) is 0. The van der Waals surface area contributed by atoms with E-state index in [-0.39, 0.29) is 11.5 Å². The Morgan fingerprint density at radius 3 is 2.38 bits per heavy atom. The van der Waals surface area contributed by atoms with E-state index in [1.165, 1.54) is 6.07 Å². The summed E-state index contributed by atoms with van der Waals surface area (Å²) in [6, 6.07) is 6.24. The third kappa shape index (κ3) is 2.32. The van der Waals surface area contributed by atoms with Gasteiger partial charge in [-0.15, -0.1) is 0 Å². The number of rotatable bonds is 2. The predicted octanol–water partition coefficient (Wildman–Crippen LogP) is 3.74. The van der Waals surface area contributed by atoms with Crippen LogP contribution in [0.25, 0.3) is 0 Å². The summed E-state index contributed by atoms with van der Waals surface area (Å²) in [5.74, 6) is -0.749. The van der Waals surface area contributed by atoms with Gasteiger partial charge in [-0.05, 0) is 32.8 Å². The van der Waals surface area contributed by atoms with Crippen LogP contribution >= 0.6 is 0 Å². The molecule has 2 aliphatic rings. The van der Waals surface area contributed by atoms with Gasteiger partial charge in [-0.25, -0.2) is 0 Å². The Morgan fingerprint density at radius 2 is 1.75 bits per heavy atom. The van der Waals surface area contributed by atoms with E-state index >= 15 is 0 Å². The van der Waals surface area contributed by atoms with Crippen molar-refractivity contribution in [3.63, 3.8) is 0 Å². The quantitative estimate of drug-likeness (QED) is 0.356. The van der Waals surface area contributed by atoms with Gasteiger partial charge in [-0.3, -0.25) is 19.7 Å². The molecule has 1 atom stereocenters. The van der Waals surface area contributed by atoms with Crippen molar-refractivity contribution in [3.05, 3.63) is 39.9 Å². The highest BCUT2D eigenvalue weighted by Crippen LogP contribution is 2.56. The molecule has 1 saturated heterocycles. The fourth-order valence-electron chi connectivity index (χ4n) is 4.11. The molecule has 1 spiro atoms. The molecule has 1 aliphatic heterocycles. The molecule has 1 heterocycles. The first-order chi connectivity index (χ1) is 11.3. The molecule has 1 aromatic rings. The number of nitro benzene ring substituents is 1. The second-order valence-corrected chi connectivity index (χ2v) is 7.27. The van der Waals surface area contributed by atoms with Crippen molar-refractivity contribution < 1.29 is 19.2 Å². The van der Waals surface area contributed by atoms with Crippen LogP contribution in [0.1, 0.15) is 57.6 Å². The fraction of sp³-hybridized carbons (Fsp3) is 0.556. The fourth-order valence-corrected chi connectivity index (χ4v) is 4.11. The molecule has 128 valence electrons. The standard InChI is InChI=1S/C18H21NO5/c1-17(2)15(20)18(10-6-3-7-11-18)14(24-16(17)21)12-8-4-5-9-13(12)19(22)23/h4-5,8-9,14H,3,6-7,10-11H2,1-2H3/t14-/m0/s1. The Balaban J connectivity index is 2.16. The molecule has 1 saturated carbocycles. The predicted molar refractivity (Wildman–Crippen MR) is 86.2 cm³/mol. The number of carbonyl (C=O) groups is 2. The zero-order valence-corrected chi connectivity index (χ0v) is 13.9. The van der Waals surface area contributed by atoms with Crippen molar-refractivity contribution in [2.24, 2.45) is 10.8 Å². The maximum atomic E-state index is 13.2. The molecule has 0 radical (unpaired) electrons. The number of cyclic esters (lactones) is 1. The minimum Gasteiger partial charge on any atom is -0.455 e. The summed E-state index contributed by atoms with van der Waals surface area (Å²) in [5, 5.41) is 11.4. The van der Waals surface area contributed by atoms with Gasteiger partial charge < -0.3 is 4.74 Å². The van der Waals surface area contributed by atoms with Crippen molar-refractivity contribution >= 4 is 17.4 Å². The van der Waals surface area contributed by atoms with Gasteiger partial charge >= 0.3 is 5.97 Å². The van der Waals surface area contributed by atoms with Gasteiger partial charge in [0.25, 0.3) is 5.69 Å². The van der Waals surface area contributed by atoms with Gasteiger partial charge in [-0.2, -0.15) is 0 Å². The van der Waals surface area contributed by atoms with Crippen molar-refractivity contribution in [1.29, 1.82) is 0 Å². The second kappa shape index (κ2) is 5.69. The first-order valence-electron chi connectivity index (χ1n) is 8.30. The zero-order chi connectivity index (χ0) is 17.5. The van der Waals surface area contributed by atoms with E-state index in [9.17, 15) is 19.7 Å². The number of hydrogen-bond donors (Lipinski definition) is 0. The number of Topliss-reactive ketones (excluding diaryl/α,β-unsaturated/α-hetero) is 1. The largest absolute Gasteiger partial charge is 0.455 e. The van der Waals surface area contributed by atoms with Crippen LogP contribution < -0.4 is 0 Å². The van der Waals surface area contributed by atoms with Crippen molar-refractivity contribution in [2.45, 2.75) is 52.1 Å². The van der Waals surface area contributed by atoms with Crippen LogP contribution in [0.15, 0.2) is 24.3 Å². The van der Waals surface area contributed by atoms with E-state index in [1.807, 2.05) is 0 Å². The average Bonchev–Trinajstić information content (AvgIpc) is 2.58. The Bertz CT molecular complexity index is 703. The number of hydrogen-bond acceptors (Lipinski definition) is 5. The summed E-state index contributed by atoms with van der Waals surface area (Å²) >= 11 is 0. The first kappa shape index (κ1) is 16.6. The summed E-state index contributed by atoms with van der Waals surface area (Å²) < 4.78 is 5.68. The molecule has 0 bridgehead atoms. The number of ether oxygens (including phenoxy) is 1. The molecule has 0 unspecified atom stereocenters. The molecule has 0 amide bonds. The van der Waals surface area contributed by atoms with Crippen molar-refractivity contribution in [1.82, 2.24) is 0 Å². The van der Waals surface area contributed by atoms with E-state index in [2.05, 4.69) is 0 Å². The smallest absolute Gasteiger partial charge is 0.319 e. The highest BCUT2D eigenvalue weighted by Gasteiger charge is 2.61. The van der Waals surface area contributed by atoms with Gasteiger partial charge in [0.1, 0.15) is 11.5 Å². The van der Waals surface area contributed by atoms with E-state index in [4.69, 9.17) is 4.74 Å².